The normalized spacial score (nSPS) is 39.5. The van der Waals surface area contributed by atoms with Crippen LogP contribution >= 0.6 is 0 Å². The Labute approximate surface area is 81.1 Å². The van der Waals surface area contributed by atoms with Crippen molar-refractivity contribution in [3.63, 3.8) is 0 Å². The lowest BCUT2D eigenvalue weighted by molar-refractivity contribution is -0.110. The Hall–Kier alpha value is -0.530. The molecule has 0 aromatic rings. The molecule has 2 nitrogen and oxygen atoms in total. The Bertz CT molecular complexity index is 191. The number of rotatable bonds is 3. The molecule has 1 aliphatic carbocycles. The fourth-order valence-corrected chi connectivity index (χ4v) is 2.63. The van der Waals surface area contributed by atoms with E-state index < -0.39 is 0 Å². The third kappa shape index (κ3) is 1.87. The number of amides is 1. The molecular weight excluding hydrogens is 162 g/mol. The van der Waals surface area contributed by atoms with Crippen molar-refractivity contribution in [2.45, 2.75) is 46.6 Å². The fourth-order valence-electron chi connectivity index (χ4n) is 2.63. The summed E-state index contributed by atoms with van der Waals surface area (Å²) in [4.78, 5) is 10.5. The number of hydrogen-bond donors (Lipinski definition) is 1. The first-order chi connectivity index (χ1) is 6.00. The highest BCUT2D eigenvalue weighted by Gasteiger charge is 2.43. The summed E-state index contributed by atoms with van der Waals surface area (Å²) in [6, 6.07) is 0.375. The maximum atomic E-state index is 10.5. The van der Waals surface area contributed by atoms with Crippen molar-refractivity contribution in [2.24, 2.45) is 17.3 Å². The molecule has 1 N–H and O–H groups in total. The first-order valence-corrected chi connectivity index (χ1v) is 5.20. The van der Waals surface area contributed by atoms with Crippen LogP contribution in [0.15, 0.2) is 0 Å². The molecule has 3 atom stereocenters. The van der Waals surface area contributed by atoms with Gasteiger partial charge in [-0.3, -0.25) is 4.79 Å². The van der Waals surface area contributed by atoms with Crippen molar-refractivity contribution in [3.8, 4) is 0 Å². The predicted octanol–water partition coefficient (Wildman–Crippen LogP) is 2.19. The highest BCUT2D eigenvalue weighted by Crippen LogP contribution is 2.46. The van der Waals surface area contributed by atoms with Gasteiger partial charge >= 0.3 is 0 Å². The minimum Gasteiger partial charge on any atom is -0.355 e. The van der Waals surface area contributed by atoms with Crippen LogP contribution in [-0.4, -0.2) is 12.5 Å². The summed E-state index contributed by atoms with van der Waals surface area (Å²) in [7, 11) is 0. The molecule has 13 heavy (non-hydrogen) atoms. The second-order valence-electron chi connectivity index (χ2n) is 5.04. The van der Waals surface area contributed by atoms with Crippen LogP contribution in [0.4, 0.5) is 0 Å². The Morgan fingerprint density at radius 1 is 1.54 bits per heavy atom. The summed E-state index contributed by atoms with van der Waals surface area (Å²) >= 11 is 0. The van der Waals surface area contributed by atoms with Gasteiger partial charge in [-0.2, -0.15) is 0 Å². The topological polar surface area (TPSA) is 29.1 Å². The molecule has 1 amide bonds. The molecular formula is C11H21NO. The van der Waals surface area contributed by atoms with E-state index in [2.05, 4.69) is 33.0 Å². The van der Waals surface area contributed by atoms with Gasteiger partial charge in [0.1, 0.15) is 0 Å². The van der Waals surface area contributed by atoms with Gasteiger partial charge in [-0.25, -0.2) is 0 Å². The minimum atomic E-state index is 0.292. The molecule has 0 heterocycles. The maximum Gasteiger partial charge on any atom is 0.207 e. The van der Waals surface area contributed by atoms with Gasteiger partial charge in [0.25, 0.3) is 0 Å². The first kappa shape index (κ1) is 10.6. The highest BCUT2D eigenvalue weighted by molar-refractivity contribution is 5.47. The molecule has 0 radical (unpaired) electrons. The zero-order valence-electron chi connectivity index (χ0n) is 9.13. The van der Waals surface area contributed by atoms with Gasteiger partial charge in [0.05, 0.1) is 0 Å². The van der Waals surface area contributed by atoms with Gasteiger partial charge in [0.15, 0.2) is 0 Å². The monoisotopic (exact) mass is 183 g/mol. The van der Waals surface area contributed by atoms with E-state index in [4.69, 9.17) is 0 Å². The van der Waals surface area contributed by atoms with E-state index >= 15 is 0 Å². The van der Waals surface area contributed by atoms with Crippen molar-refractivity contribution in [3.05, 3.63) is 0 Å². The lowest BCUT2D eigenvalue weighted by atomic mass is 9.74. The lowest BCUT2D eigenvalue weighted by Crippen LogP contribution is -2.42. The minimum absolute atomic E-state index is 0.292. The van der Waals surface area contributed by atoms with Gasteiger partial charge < -0.3 is 5.32 Å². The lowest BCUT2D eigenvalue weighted by Gasteiger charge is -2.35. The van der Waals surface area contributed by atoms with Crippen LogP contribution in [0.5, 0.6) is 0 Å². The predicted molar refractivity (Wildman–Crippen MR) is 54.3 cm³/mol. The quantitative estimate of drug-likeness (QED) is 0.668. The molecule has 1 rings (SSSR count). The van der Waals surface area contributed by atoms with E-state index in [0.717, 1.165) is 18.7 Å². The second kappa shape index (κ2) is 3.69. The fraction of sp³-hybridized carbons (Fsp3) is 0.909. The second-order valence-corrected chi connectivity index (χ2v) is 5.04. The maximum absolute atomic E-state index is 10.5. The summed E-state index contributed by atoms with van der Waals surface area (Å²) in [5.74, 6) is 1.37. The average Bonchev–Trinajstić information content (AvgIpc) is 2.29. The molecule has 0 aromatic heterocycles. The first-order valence-electron chi connectivity index (χ1n) is 5.20. The molecule has 0 bridgehead atoms. The molecule has 76 valence electrons. The number of hydrogen-bond acceptors (Lipinski definition) is 1. The Morgan fingerprint density at radius 3 is 2.62 bits per heavy atom. The molecule has 0 saturated heterocycles. The van der Waals surface area contributed by atoms with Crippen LogP contribution in [0.25, 0.3) is 0 Å². The standard InChI is InChI=1S/C11H21NO/c1-8(2)11(4)6-9(3)5-10(11)12-7-13/h7-10H,5-6H2,1-4H3,(H,12,13). The van der Waals surface area contributed by atoms with E-state index in [1.807, 2.05) is 0 Å². The summed E-state index contributed by atoms with van der Waals surface area (Å²) in [5, 5.41) is 2.97. The molecule has 2 heteroatoms. The summed E-state index contributed by atoms with van der Waals surface area (Å²) in [6.45, 7) is 9.06. The zero-order chi connectivity index (χ0) is 10.1. The Balaban J connectivity index is 2.75. The van der Waals surface area contributed by atoms with Crippen LogP contribution in [0.3, 0.4) is 0 Å². The van der Waals surface area contributed by atoms with Gasteiger partial charge in [-0.1, -0.05) is 27.7 Å². The Kier molecular flexibility index (Phi) is 2.99. The largest absolute Gasteiger partial charge is 0.355 e. The summed E-state index contributed by atoms with van der Waals surface area (Å²) in [5.41, 5.74) is 0.292. The van der Waals surface area contributed by atoms with Crippen LogP contribution in [0, 0.1) is 17.3 Å². The van der Waals surface area contributed by atoms with Gasteiger partial charge in [0, 0.05) is 6.04 Å². The zero-order valence-corrected chi connectivity index (χ0v) is 9.13. The van der Waals surface area contributed by atoms with Crippen molar-refractivity contribution in [1.82, 2.24) is 5.32 Å². The molecule has 3 unspecified atom stereocenters. The number of carbonyl (C=O) groups is 1. The van der Waals surface area contributed by atoms with E-state index in [-0.39, 0.29) is 0 Å². The Morgan fingerprint density at radius 2 is 2.15 bits per heavy atom. The molecule has 0 aliphatic heterocycles. The van der Waals surface area contributed by atoms with E-state index in [0.29, 0.717) is 17.4 Å². The molecule has 1 aliphatic rings. The van der Waals surface area contributed by atoms with Crippen molar-refractivity contribution >= 4 is 6.41 Å². The van der Waals surface area contributed by atoms with Crippen molar-refractivity contribution in [2.75, 3.05) is 0 Å². The third-order valence-corrected chi connectivity index (χ3v) is 3.81. The smallest absolute Gasteiger partial charge is 0.207 e. The molecule has 1 fully saturated rings. The van der Waals surface area contributed by atoms with E-state index in [1.54, 1.807) is 0 Å². The van der Waals surface area contributed by atoms with Crippen molar-refractivity contribution in [1.29, 1.82) is 0 Å². The van der Waals surface area contributed by atoms with Gasteiger partial charge in [0.2, 0.25) is 6.41 Å². The SMILES string of the molecule is CC1CC(NC=O)C(C)(C(C)C)C1. The van der Waals surface area contributed by atoms with Crippen LogP contribution in [-0.2, 0) is 4.79 Å². The van der Waals surface area contributed by atoms with Crippen LogP contribution in [0.1, 0.15) is 40.5 Å². The van der Waals surface area contributed by atoms with E-state index in [9.17, 15) is 4.79 Å². The van der Waals surface area contributed by atoms with Crippen molar-refractivity contribution < 1.29 is 4.79 Å². The summed E-state index contributed by atoms with van der Waals surface area (Å²) in [6.07, 6.45) is 3.22. The number of carbonyl (C=O) groups excluding carboxylic acids is 1. The van der Waals surface area contributed by atoms with E-state index in [1.165, 1.54) is 6.42 Å². The molecule has 0 aromatic carbocycles. The van der Waals surface area contributed by atoms with Crippen LogP contribution in [0.2, 0.25) is 0 Å². The van der Waals surface area contributed by atoms with Gasteiger partial charge in [-0.05, 0) is 30.1 Å². The molecule has 0 spiro atoms. The average molecular weight is 183 g/mol. The third-order valence-electron chi connectivity index (χ3n) is 3.81. The number of nitrogens with one attached hydrogen (secondary N) is 1. The summed E-state index contributed by atoms with van der Waals surface area (Å²) < 4.78 is 0. The highest BCUT2D eigenvalue weighted by atomic mass is 16.1. The van der Waals surface area contributed by atoms with Gasteiger partial charge in [-0.15, -0.1) is 0 Å². The molecule has 1 saturated carbocycles. The van der Waals surface area contributed by atoms with Crippen LogP contribution < -0.4 is 5.32 Å².